The number of hydrogen-bond donors (Lipinski definition) is 1. The first-order chi connectivity index (χ1) is 10.7. The third-order valence-corrected chi connectivity index (χ3v) is 4.01. The summed E-state index contributed by atoms with van der Waals surface area (Å²) in [5.41, 5.74) is 0. The minimum atomic E-state index is 0.115. The molecule has 7 nitrogen and oxygen atoms in total. The second-order valence-corrected chi connectivity index (χ2v) is 5.47. The Morgan fingerprint density at radius 1 is 1.45 bits per heavy atom. The van der Waals surface area contributed by atoms with E-state index in [9.17, 15) is 4.79 Å². The standard InChI is InChI=1S/C15H20N4O3/c1-19(11-6-8-16-9-7-11)14(20)5-4-13-17-15(18-22-13)12-3-2-10-21-12/h2-3,10-11,16H,4-9H2,1H3. The molecule has 1 aliphatic rings. The van der Waals surface area contributed by atoms with Gasteiger partial charge in [-0.15, -0.1) is 0 Å². The molecule has 2 aromatic heterocycles. The van der Waals surface area contributed by atoms with E-state index in [4.69, 9.17) is 8.94 Å². The van der Waals surface area contributed by atoms with Gasteiger partial charge in [-0.05, 0) is 38.1 Å². The lowest BCUT2D eigenvalue weighted by Gasteiger charge is -2.31. The van der Waals surface area contributed by atoms with Crippen molar-refractivity contribution in [2.24, 2.45) is 0 Å². The predicted molar refractivity (Wildman–Crippen MR) is 79.0 cm³/mol. The molecule has 22 heavy (non-hydrogen) atoms. The van der Waals surface area contributed by atoms with Gasteiger partial charge in [-0.3, -0.25) is 4.79 Å². The summed E-state index contributed by atoms with van der Waals surface area (Å²) in [5.74, 6) is 1.55. The lowest BCUT2D eigenvalue weighted by Crippen LogP contribution is -2.44. The van der Waals surface area contributed by atoms with Crippen molar-refractivity contribution in [3.63, 3.8) is 0 Å². The van der Waals surface area contributed by atoms with Gasteiger partial charge in [-0.25, -0.2) is 0 Å². The summed E-state index contributed by atoms with van der Waals surface area (Å²) in [7, 11) is 1.88. The van der Waals surface area contributed by atoms with Gasteiger partial charge in [0.05, 0.1) is 6.26 Å². The first kappa shape index (κ1) is 14.8. The van der Waals surface area contributed by atoms with Crippen LogP contribution in [0.15, 0.2) is 27.3 Å². The molecule has 0 radical (unpaired) electrons. The number of carbonyl (C=O) groups excluding carboxylic acids is 1. The number of aromatic nitrogens is 2. The average Bonchev–Trinajstić information content (AvgIpc) is 3.23. The number of aryl methyl sites for hydroxylation is 1. The molecule has 3 rings (SSSR count). The highest BCUT2D eigenvalue weighted by atomic mass is 16.5. The number of piperidine rings is 1. The lowest BCUT2D eigenvalue weighted by atomic mass is 10.0. The largest absolute Gasteiger partial charge is 0.461 e. The number of carbonyl (C=O) groups is 1. The van der Waals surface area contributed by atoms with E-state index >= 15 is 0 Å². The Kier molecular flexibility index (Phi) is 4.53. The fraction of sp³-hybridized carbons (Fsp3) is 0.533. The molecule has 0 saturated carbocycles. The van der Waals surface area contributed by atoms with E-state index in [0.29, 0.717) is 36.4 Å². The Hall–Kier alpha value is -2.15. The molecule has 7 heteroatoms. The fourth-order valence-corrected chi connectivity index (χ4v) is 2.65. The van der Waals surface area contributed by atoms with Crippen LogP contribution in [-0.2, 0) is 11.2 Å². The molecule has 1 aliphatic heterocycles. The quantitative estimate of drug-likeness (QED) is 0.900. The monoisotopic (exact) mass is 304 g/mol. The summed E-state index contributed by atoms with van der Waals surface area (Å²) >= 11 is 0. The maximum atomic E-state index is 12.2. The zero-order valence-electron chi connectivity index (χ0n) is 12.6. The Morgan fingerprint density at radius 3 is 3.00 bits per heavy atom. The van der Waals surface area contributed by atoms with Crippen LogP contribution in [-0.4, -0.2) is 47.1 Å². The Morgan fingerprint density at radius 2 is 2.27 bits per heavy atom. The van der Waals surface area contributed by atoms with Crippen LogP contribution in [0.5, 0.6) is 0 Å². The van der Waals surface area contributed by atoms with Gasteiger partial charge in [0.15, 0.2) is 5.76 Å². The van der Waals surface area contributed by atoms with Crippen molar-refractivity contribution < 1.29 is 13.7 Å². The van der Waals surface area contributed by atoms with E-state index in [1.807, 2.05) is 11.9 Å². The Bertz CT molecular complexity index is 602. The van der Waals surface area contributed by atoms with Crippen molar-refractivity contribution in [1.82, 2.24) is 20.4 Å². The average molecular weight is 304 g/mol. The van der Waals surface area contributed by atoms with Crippen LogP contribution in [0.1, 0.15) is 25.2 Å². The van der Waals surface area contributed by atoms with E-state index in [1.165, 1.54) is 0 Å². The maximum Gasteiger partial charge on any atom is 0.238 e. The molecule has 1 N–H and O–H groups in total. The highest BCUT2D eigenvalue weighted by Gasteiger charge is 2.22. The van der Waals surface area contributed by atoms with Crippen molar-refractivity contribution in [3.05, 3.63) is 24.3 Å². The van der Waals surface area contributed by atoms with Crippen molar-refractivity contribution in [2.45, 2.75) is 31.7 Å². The summed E-state index contributed by atoms with van der Waals surface area (Å²) in [6.45, 7) is 1.94. The number of nitrogens with one attached hydrogen (secondary N) is 1. The first-order valence-corrected chi connectivity index (χ1v) is 7.57. The molecule has 0 unspecified atom stereocenters. The summed E-state index contributed by atoms with van der Waals surface area (Å²) < 4.78 is 10.4. The van der Waals surface area contributed by atoms with Crippen LogP contribution >= 0.6 is 0 Å². The molecular formula is C15H20N4O3. The molecule has 0 aromatic carbocycles. The molecule has 118 valence electrons. The summed E-state index contributed by atoms with van der Waals surface area (Å²) in [5, 5.41) is 7.16. The minimum absolute atomic E-state index is 0.115. The second-order valence-electron chi connectivity index (χ2n) is 5.47. The summed E-state index contributed by atoms with van der Waals surface area (Å²) in [6, 6.07) is 3.86. The molecule has 1 fully saturated rings. The number of rotatable bonds is 5. The zero-order chi connectivity index (χ0) is 15.4. The Balaban J connectivity index is 1.52. The maximum absolute atomic E-state index is 12.2. The second kappa shape index (κ2) is 6.74. The third-order valence-electron chi connectivity index (χ3n) is 4.01. The van der Waals surface area contributed by atoms with Crippen molar-refractivity contribution in [2.75, 3.05) is 20.1 Å². The van der Waals surface area contributed by atoms with Gasteiger partial charge in [0, 0.05) is 25.9 Å². The highest BCUT2D eigenvalue weighted by Crippen LogP contribution is 2.17. The van der Waals surface area contributed by atoms with Gasteiger partial charge in [-0.1, -0.05) is 5.16 Å². The van der Waals surface area contributed by atoms with Gasteiger partial charge in [0.1, 0.15) is 0 Å². The van der Waals surface area contributed by atoms with Crippen molar-refractivity contribution in [3.8, 4) is 11.6 Å². The van der Waals surface area contributed by atoms with Crippen LogP contribution in [0.2, 0.25) is 0 Å². The third kappa shape index (κ3) is 3.36. The molecule has 3 heterocycles. The number of hydrogen-bond acceptors (Lipinski definition) is 6. The smallest absolute Gasteiger partial charge is 0.238 e. The first-order valence-electron chi connectivity index (χ1n) is 7.57. The van der Waals surface area contributed by atoms with E-state index in [2.05, 4.69) is 15.5 Å². The van der Waals surface area contributed by atoms with Crippen LogP contribution < -0.4 is 5.32 Å². The molecule has 0 aliphatic carbocycles. The van der Waals surface area contributed by atoms with Crippen molar-refractivity contribution >= 4 is 5.91 Å². The fourth-order valence-electron chi connectivity index (χ4n) is 2.65. The normalized spacial score (nSPS) is 15.9. The van der Waals surface area contributed by atoms with E-state index in [-0.39, 0.29) is 5.91 Å². The summed E-state index contributed by atoms with van der Waals surface area (Å²) in [4.78, 5) is 18.3. The number of nitrogens with zero attached hydrogens (tertiary/aromatic N) is 3. The zero-order valence-corrected chi connectivity index (χ0v) is 12.6. The number of furan rings is 1. The van der Waals surface area contributed by atoms with E-state index in [0.717, 1.165) is 25.9 Å². The number of amides is 1. The molecule has 1 amide bonds. The van der Waals surface area contributed by atoms with Gasteiger partial charge < -0.3 is 19.2 Å². The van der Waals surface area contributed by atoms with Gasteiger partial charge >= 0.3 is 0 Å². The lowest BCUT2D eigenvalue weighted by molar-refractivity contribution is -0.132. The minimum Gasteiger partial charge on any atom is -0.461 e. The van der Waals surface area contributed by atoms with Crippen LogP contribution in [0.25, 0.3) is 11.6 Å². The topological polar surface area (TPSA) is 84.4 Å². The Labute approximate surface area is 128 Å². The van der Waals surface area contributed by atoms with Crippen molar-refractivity contribution in [1.29, 1.82) is 0 Å². The SMILES string of the molecule is CN(C(=O)CCc1nc(-c2ccco2)no1)C1CCNCC1. The molecule has 0 atom stereocenters. The van der Waals surface area contributed by atoms with Gasteiger partial charge in [-0.2, -0.15) is 4.98 Å². The molecule has 0 bridgehead atoms. The van der Waals surface area contributed by atoms with Gasteiger partial charge in [0.2, 0.25) is 17.6 Å². The molecule has 2 aromatic rings. The molecule has 1 saturated heterocycles. The van der Waals surface area contributed by atoms with Crippen LogP contribution in [0.3, 0.4) is 0 Å². The van der Waals surface area contributed by atoms with Crippen LogP contribution in [0, 0.1) is 0 Å². The van der Waals surface area contributed by atoms with Gasteiger partial charge in [0.25, 0.3) is 0 Å². The summed E-state index contributed by atoms with van der Waals surface area (Å²) in [6.07, 6.45) is 4.39. The predicted octanol–water partition coefficient (Wildman–Crippen LogP) is 1.47. The molecular weight excluding hydrogens is 284 g/mol. The van der Waals surface area contributed by atoms with Crippen LogP contribution in [0.4, 0.5) is 0 Å². The van der Waals surface area contributed by atoms with E-state index in [1.54, 1.807) is 18.4 Å². The molecule has 0 spiro atoms. The van der Waals surface area contributed by atoms with E-state index < -0.39 is 0 Å². The highest BCUT2D eigenvalue weighted by molar-refractivity contribution is 5.76.